The third kappa shape index (κ3) is 3.73. The standard InChI is InChI=1S/C16H18N4O2S/c17-14(21)10-7-8-12(18-9-10)15(22)20-16-19-11-5-3-1-2-4-6-13(11)23-16/h7-9H,1-6H2,(H2,17,21)(H,19,20,22). The predicted molar refractivity (Wildman–Crippen MR) is 88.7 cm³/mol. The van der Waals surface area contributed by atoms with Crippen LogP contribution in [0.25, 0.3) is 0 Å². The molecular weight excluding hydrogens is 312 g/mol. The van der Waals surface area contributed by atoms with E-state index >= 15 is 0 Å². The van der Waals surface area contributed by atoms with Gasteiger partial charge in [-0.3, -0.25) is 19.9 Å². The summed E-state index contributed by atoms with van der Waals surface area (Å²) < 4.78 is 0. The van der Waals surface area contributed by atoms with Gasteiger partial charge in [-0.05, 0) is 37.8 Å². The van der Waals surface area contributed by atoms with Crippen LogP contribution < -0.4 is 11.1 Å². The summed E-state index contributed by atoms with van der Waals surface area (Å²) in [5.41, 5.74) is 6.78. The van der Waals surface area contributed by atoms with E-state index in [1.54, 1.807) is 11.3 Å². The van der Waals surface area contributed by atoms with Crippen molar-refractivity contribution in [1.82, 2.24) is 9.97 Å². The summed E-state index contributed by atoms with van der Waals surface area (Å²) in [6.07, 6.45) is 8.16. The fraction of sp³-hybridized carbons (Fsp3) is 0.375. The molecule has 3 N–H and O–H groups in total. The van der Waals surface area contributed by atoms with E-state index in [0.717, 1.165) is 25.0 Å². The summed E-state index contributed by atoms with van der Waals surface area (Å²) in [5.74, 6) is -0.896. The Bertz CT molecular complexity index is 699. The summed E-state index contributed by atoms with van der Waals surface area (Å²) in [7, 11) is 0. The molecule has 0 fully saturated rings. The maximum Gasteiger partial charge on any atom is 0.276 e. The lowest BCUT2D eigenvalue weighted by Crippen LogP contribution is -2.15. The summed E-state index contributed by atoms with van der Waals surface area (Å²) in [6.45, 7) is 0. The van der Waals surface area contributed by atoms with E-state index < -0.39 is 5.91 Å². The van der Waals surface area contributed by atoms with Crippen molar-refractivity contribution in [2.45, 2.75) is 38.5 Å². The molecule has 2 aromatic heterocycles. The van der Waals surface area contributed by atoms with Gasteiger partial charge < -0.3 is 5.73 Å². The number of anilines is 1. The Morgan fingerprint density at radius 2 is 1.91 bits per heavy atom. The van der Waals surface area contributed by atoms with Crippen LogP contribution in [0.2, 0.25) is 0 Å². The van der Waals surface area contributed by atoms with Gasteiger partial charge in [0.1, 0.15) is 5.69 Å². The van der Waals surface area contributed by atoms with E-state index in [4.69, 9.17) is 5.73 Å². The SMILES string of the molecule is NC(=O)c1ccc(C(=O)Nc2nc3c(s2)CCCCCC3)nc1. The van der Waals surface area contributed by atoms with Crippen molar-refractivity contribution in [3.05, 3.63) is 40.2 Å². The van der Waals surface area contributed by atoms with Crippen molar-refractivity contribution in [2.75, 3.05) is 5.32 Å². The zero-order chi connectivity index (χ0) is 16.2. The molecule has 6 nitrogen and oxygen atoms in total. The number of aromatic nitrogens is 2. The van der Waals surface area contributed by atoms with Crippen LogP contribution in [0.3, 0.4) is 0 Å². The highest BCUT2D eigenvalue weighted by Gasteiger charge is 2.16. The summed E-state index contributed by atoms with van der Waals surface area (Å²) in [4.78, 5) is 33.0. The Morgan fingerprint density at radius 3 is 2.61 bits per heavy atom. The smallest absolute Gasteiger partial charge is 0.276 e. The molecule has 0 bridgehead atoms. The highest BCUT2D eigenvalue weighted by molar-refractivity contribution is 7.15. The molecule has 1 aliphatic rings. The molecule has 0 aliphatic heterocycles. The third-order valence-electron chi connectivity index (χ3n) is 3.85. The number of hydrogen-bond donors (Lipinski definition) is 2. The van der Waals surface area contributed by atoms with Crippen molar-refractivity contribution in [2.24, 2.45) is 5.73 Å². The van der Waals surface area contributed by atoms with E-state index in [-0.39, 0.29) is 17.2 Å². The second-order valence-electron chi connectivity index (χ2n) is 5.55. The molecule has 2 aromatic rings. The van der Waals surface area contributed by atoms with E-state index in [2.05, 4.69) is 15.3 Å². The molecule has 0 aromatic carbocycles. The molecule has 0 radical (unpaired) electrons. The van der Waals surface area contributed by atoms with Gasteiger partial charge in [0.05, 0.1) is 11.3 Å². The molecule has 2 heterocycles. The number of pyridine rings is 1. The number of aryl methyl sites for hydroxylation is 2. The third-order valence-corrected chi connectivity index (χ3v) is 4.92. The van der Waals surface area contributed by atoms with Gasteiger partial charge in [0, 0.05) is 11.1 Å². The Kier molecular flexibility index (Phi) is 4.66. The monoisotopic (exact) mass is 330 g/mol. The normalized spacial score (nSPS) is 14.4. The lowest BCUT2D eigenvalue weighted by Gasteiger charge is -2.06. The number of primary amides is 1. The maximum absolute atomic E-state index is 12.2. The van der Waals surface area contributed by atoms with Gasteiger partial charge in [0.25, 0.3) is 5.91 Å². The van der Waals surface area contributed by atoms with Crippen LogP contribution in [0, 0.1) is 0 Å². The van der Waals surface area contributed by atoms with E-state index in [1.807, 2.05) is 0 Å². The predicted octanol–water partition coefficient (Wildman–Crippen LogP) is 2.55. The average Bonchev–Trinajstić information content (AvgIpc) is 2.88. The molecular formula is C16H18N4O2S. The molecule has 3 rings (SSSR count). The maximum atomic E-state index is 12.2. The molecule has 0 saturated heterocycles. The Hall–Kier alpha value is -2.28. The summed E-state index contributed by atoms with van der Waals surface area (Å²) in [5, 5.41) is 3.41. The van der Waals surface area contributed by atoms with Crippen molar-refractivity contribution in [1.29, 1.82) is 0 Å². The number of rotatable bonds is 3. The van der Waals surface area contributed by atoms with Crippen LogP contribution in [-0.4, -0.2) is 21.8 Å². The number of carbonyl (C=O) groups is 2. The van der Waals surface area contributed by atoms with Gasteiger partial charge in [-0.1, -0.05) is 12.8 Å². The highest BCUT2D eigenvalue weighted by Crippen LogP contribution is 2.28. The zero-order valence-corrected chi connectivity index (χ0v) is 13.5. The minimum Gasteiger partial charge on any atom is -0.366 e. The molecule has 120 valence electrons. The fourth-order valence-electron chi connectivity index (χ4n) is 2.59. The van der Waals surface area contributed by atoms with Gasteiger partial charge >= 0.3 is 0 Å². The van der Waals surface area contributed by atoms with Crippen LogP contribution >= 0.6 is 11.3 Å². The Morgan fingerprint density at radius 1 is 1.13 bits per heavy atom. The van der Waals surface area contributed by atoms with Gasteiger partial charge in [-0.15, -0.1) is 11.3 Å². The molecule has 23 heavy (non-hydrogen) atoms. The highest BCUT2D eigenvalue weighted by atomic mass is 32.1. The Labute approximate surface area is 138 Å². The first-order valence-corrected chi connectivity index (χ1v) is 8.51. The zero-order valence-electron chi connectivity index (χ0n) is 12.7. The minimum absolute atomic E-state index is 0.234. The molecule has 7 heteroatoms. The molecule has 0 unspecified atom stereocenters. The quantitative estimate of drug-likeness (QED) is 0.903. The Balaban J connectivity index is 1.72. The summed E-state index contributed by atoms with van der Waals surface area (Å²) >= 11 is 1.54. The first-order chi connectivity index (χ1) is 11.1. The number of amides is 2. The molecule has 1 aliphatic carbocycles. The second-order valence-corrected chi connectivity index (χ2v) is 6.64. The number of nitrogens with one attached hydrogen (secondary N) is 1. The molecule has 0 spiro atoms. The van der Waals surface area contributed by atoms with E-state index in [0.29, 0.717) is 5.13 Å². The van der Waals surface area contributed by atoms with E-state index in [9.17, 15) is 9.59 Å². The van der Waals surface area contributed by atoms with Crippen molar-refractivity contribution >= 4 is 28.3 Å². The fourth-order valence-corrected chi connectivity index (χ4v) is 3.64. The lowest BCUT2D eigenvalue weighted by atomic mass is 10.0. The van der Waals surface area contributed by atoms with Crippen LogP contribution in [0.15, 0.2) is 18.3 Å². The van der Waals surface area contributed by atoms with Crippen molar-refractivity contribution < 1.29 is 9.59 Å². The first-order valence-electron chi connectivity index (χ1n) is 7.69. The van der Waals surface area contributed by atoms with Crippen LogP contribution in [0.4, 0.5) is 5.13 Å². The average molecular weight is 330 g/mol. The molecule has 2 amide bonds. The number of hydrogen-bond acceptors (Lipinski definition) is 5. The lowest BCUT2D eigenvalue weighted by molar-refractivity contribution is 0.0993. The van der Waals surface area contributed by atoms with Gasteiger partial charge in [-0.2, -0.15) is 0 Å². The largest absolute Gasteiger partial charge is 0.366 e. The number of fused-ring (bicyclic) bond motifs is 1. The van der Waals surface area contributed by atoms with Crippen LogP contribution in [-0.2, 0) is 12.8 Å². The number of nitrogens with two attached hydrogens (primary N) is 1. The van der Waals surface area contributed by atoms with Gasteiger partial charge in [-0.25, -0.2) is 4.98 Å². The number of thiazole rings is 1. The van der Waals surface area contributed by atoms with Gasteiger partial charge in [0.2, 0.25) is 5.91 Å². The molecule has 0 saturated carbocycles. The van der Waals surface area contributed by atoms with Crippen molar-refractivity contribution in [3.8, 4) is 0 Å². The van der Waals surface area contributed by atoms with E-state index in [1.165, 1.54) is 42.5 Å². The number of nitrogens with zero attached hydrogens (tertiary/aromatic N) is 2. The van der Waals surface area contributed by atoms with Crippen molar-refractivity contribution in [3.63, 3.8) is 0 Å². The topological polar surface area (TPSA) is 98.0 Å². The number of carbonyl (C=O) groups excluding carboxylic acids is 2. The first kappa shape index (κ1) is 15.6. The van der Waals surface area contributed by atoms with Crippen LogP contribution in [0.5, 0.6) is 0 Å². The molecule has 0 atom stereocenters. The summed E-state index contributed by atoms with van der Waals surface area (Å²) in [6, 6.07) is 2.98. The van der Waals surface area contributed by atoms with Crippen LogP contribution in [0.1, 0.15) is 57.1 Å². The van der Waals surface area contributed by atoms with Gasteiger partial charge in [0.15, 0.2) is 5.13 Å². The second kappa shape index (κ2) is 6.87. The minimum atomic E-state index is -0.566.